The van der Waals surface area contributed by atoms with Gasteiger partial charge in [0.1, 0.15) is 0 Å². The van der Waals surface area contributed by atoms with Crippen molar-refractivity contribution in [3.05, 3.63) is 46.8 Å². The SMILES string of the molecule is [C-]#[N+]Cc1ccc(C(C)(C)C)cc1. The summed E-state index contributed by atoms with van der Waals surface area (Å²) in [6.07, 6.45) is 0. The third-order valence-electron chi connectivity index (χ3n) is 2.08. The molecule has 0 aliphatic rings. The number of nitrogens with zero attached hydrogens (tertiary/aromatic N) is 1. The summed E-state index contributed by atoms with van der Waals surface area (Å²) in [5, 5.41) is 0. The summed E-state index contributed by atoms with van der Waals surface area (Å²) in [4.78, 5) is 3.35. The van der Waals surface area contributed by atoms with Crippen LogP contribution in [0.3, 0.4) is 0 Å². The molecule has 0 N–H and O–H groups in total. The summed E-state index contributed by atoms with van der Waals surface area (Å²) in [6, 6.07) is 8.30. The highest BCUT2D eigenvalue weighted by molar-refractivity contribution is 5.27. The number of hydrogen-bond donors (Lipinski definition) is 0. The molecule has 1 rings (SSSR count). The van der Waals surface area contributed by atoms with Gasteiger partial charge in [0.25, 0.3) is 0 Å². The van der Waals surface area contributed by atoms with E-state index in [4.69, 9.17) is 6.57 Å². The summed E-state index contributed by atoms with van der Waals surface area (Å²) >= 11 is 0. The first-order valence-electron chi connectivity index (χ1n) is 4.46. The molecule has 0 amide bonds. The van der Waals surface area contributed by atoms with Gasteiger partial charge in [0.05, 0.1) is 0 Å². The van der Waals surface area contributed by atoms with E-state index in [2.05, 4.69) is 37.7 Å². The van der Waals surface area contributed by atoms with Crippen molar-refractivity contribution < 1.29 is 0 Å². The van der Waals surface area contributed by atoms with Crippen LogP contribution in [0.2, 0.25) is 0 Å². The van der Waals surface area contributed by atoms with Gasteiger partial charge in [-0.2, -0.15) is 0 Å². The average Bonchev–Trinajstić information content (AvgIpc) is 2.04. The van der Waals surface area contributed by atoms with Crippen LogP contribution in [-0.2, 0) is 12.0 Å². The minimum absolute atomic E-state index is 0.205. The standard InChI is InChI=1S/C12H15N/c1-12(2,3)11-7-5-10(6-8-11)9-13-4/h5-8H,9H2,1-3H3. The fourth-order valence-corrected chi connectivity index (χ4v) is 1.20. The second kappa shape index (κ2) is 3.62. The summed E-state index contributed by atoms with van der Waals surface area (Å²) < 4.78 is 0. The van der Waals surface area contributed by atoms with Gasteiger partial charge in [-0.3, -0.25) is 0 Å². The van der Waals surface area contributed by atoms with Crippen molar-refractivity contribution in [2.75, 3.05) is 0 Å². The average molecular weight is 173 g/mol. The zero-order chi connectivity index (χ0) is 9.90. The van der Waals surface area contributed by atoms with Crippen LogP contribution in [0.4, 0.5) is 0 Å². The highest BCUT2D eigenvalue weighted by Gasteiger charge is 2.12. The van der Waals surface area contributed by atoms with Gasteiger partial charge < -0.3 is 4.85 Å². The Balaban J connectivity index is 2.89. The summed E-state index contributed by atoms with van der Waals surface area (Å²) in [7, 11) is 0. The zero-order valence-corrected chi connectivity index (χ0v) is 8.46. The Morgan fingerprint density at radius 3 is 2.08 bits per heavy atom. The Morgan fingerprint density at radius 1 is 1.15 bits per heavy atom. The molecule has 0 aliphatic heterocycles. The number of benzene rings is 1. The first-order valence-corrected chi connectivity index (χ1v) is 4.46. The first-order chi connectivity index (χ1) is 6.04. The molecule has 0 saturated heterocycles. The molecule has 13 heavy (non-hydrogen) atoms. The lowest BCUT2D eigenvalue weighted by atomic mass is 9.87. The maximum Gasteiger partial charge on any atom is 0.239 e. The van der Waals surface area contributed by atoms with E-state index in [0.29, 0.717) is 6.54 Å². The largest absolute Gasteiger partial charge is 0.312 e. The van der Waals surface area contributed by atoms with E-state index in [-0.39, 0.29) is 5.41 Å². The van der Waals surface area contributed by atoms with E-state index >= 15 is 0 Å². The molecule has 1 heteroatoms. The predicted octanol–water partition coefficient (Wildman–Crippen LogP) is 3.40. The third kappa shape index (κ3) is 2.59. The van der Waals surface area contributed by atoms with Crippen LogP contribution < -0.4 is 0 Å². The Labute approximate surface area is 80.2 Å². The van der Waals surface area contributed by atoms with Crippen LogP contribution in [0.1, 0.15) is 31.9 Å². The van der Waals surface area contributed by atoms with Crippen molar-refractivity contribution in [1.29, 1.82) is 0 Å². The molecule has 0 heterocycles. The van der Waals surface area contributed by atoms with E-state index in [1.807, 2.05) is 12.1 Å². The molecule has 0 aliphatic carbocycles. The second-order valence-corrected chi connectivity index (χ2v) is 4.26. The highest BCUT2D eigenvalue weighted by Crippen LogP contribution is 2.22. The molecule has 0 fully saturated rings. The molecule has 0 aromatic heterocycles. The summed E-state index contributed by atoms with van der Waals surface area (Å²) in [5.74, 6) is 0. The lowest BCUT2D eigenvalue weighted by Gasteiger charge is -2.18. The normalized spacial score (nSPS) is 10.9. The zero-order valence-electron chi connectivity index (χ0n) is 8.46. The summed E-state index contributed by atoms with van der Waals surface area (Å²) in [5.41, 5.74) is 2.63. The fourth-order valence-electron chi connectivity index (χ4n) is 1.20. The molecule has 0 atom stereocenters. The fraction of sp³-hybridized carbons (Fsp3) is 0.417. The molecule has 1 aromatic carbocycles. The number of hydrogen-bond acceptors (Lipinski definition) is 0. The van der Waals surface area contributed by atoms with Crippen LogP contribution in [0.5, 0.6) is 0 Å². The molecule has 1 aromatic rings. The van der Waals surface area contributed by atoms with Crippen molar-refractivity contribution in [1.82, 2.24) is 0 Å². The molecule has 0 unspecified atom stereocenters. The van der Waals surface area contributed by atoms with Gasteiger partial charge in [0, 0.05) is 5.56 Å². The minimum atomic E-state index is 0.205. The molecule has 1 nitrogen and oxygen atoms in total. The highest BCUT2D eigenvalue weighted by atomic mass is 14.6. The topological polar surface area (TPSA) is 4.36 Å². The van der Waals surface area contributed by atoms with E-state index in [0.717, 1.165) is 5.56 Å². The van der Waals surface area contributed by atoms with E-state index < -0.39 is 0 Å². The summed E-state index contributed by atoms with van der Waals surface area (Å²) in [6.45, 7) is 13.8. The van der Waals surface area contributed by atoms with Crippen molar-refractivity contribution in [2.45, 2.75) is 32.7 Å². The van der Waals surface area contributed by atoms with Crippen LogP contribution in [-0.4, -0.2) is 0 Å². The predicted molar refractivity (Wildman–Crippen MR) is 55.4 cm³/mol. The van der Waals surface area contributed by atoms with Gasteiger partial charge in [0.15, 0.2) is 0 Å². The van der Waals surface area contributed by atoms with Gasteiger partial charge in [-0.15, -0.1) is 0 Å². The van der Waals surface area contributed by atoms with Gasteiger partial charge in [0.2, 0.25) is 6.54 Å². The molecule has 0 bridgehead atoms. The Bertz CT molecular complexity index is 308. The quantitative estimate of drug-likeness (QED) is 0.573. The third-order valence-corrected chi connectivity index (χ3v) is 2.08. The second-order valence-electron chi connectivity index (χ2n) is 4.26. The molecule has 0 spiro atoms. The van der Waals surface area contributed by atoms with Crippen molar-refractivity contribution >= 4 is 0 Å². The van der Waals surface area contributed by atoms with Crippen LogP contribution in [0.25, 0.3) is 4.85 Å². The molecule has 0 saturated carbocycles. The maximum absolute atomic E-state index is 6.74. The van der Waals surface area contributed by atoms with Gasteiger partial charge in [-0.1, -0.05) is 45.0 Å². The molecule has 68 valence electrons. The van der Waals surface area contributed by atoms with E-state index in [1.54, 1.807) is 0 Å². The van der Waals surface area contributed by atoms with Crippen molar-refractivity contribution in [3.63, 3.8) is 0 Å². The lowest BCUT2D eigenvalue weighted by Crippen LogP contribution is -2.10. The first kappa shape index (κ1) is 9.80. The van der Waals surface area contributed by atoms with Crippen LogP contribution in [0, 0.1) is 6.57 Å². The smallest absolute Gasteiger partial charge is 0.239 e. The van der Waals surface area contributed by atoms with E-state index in [9.17, 15) is 0 Å². The number of rotatable bonds is 1. The monoisotopic (exact) mass is 173 g/mol. The maximum atomic E-state index is 6.74. The molecule has 0 radical (unpaired) electrons. The van der Waals surface area contributed by atoms with Crippen molar-refractivity contribution in [3.8, 4) is 0 Å². The molecular formula is C12H15N. The van der Waals surface area contributed by atoms with Gasteiger partial charge in [-0.05, 0) is 11.0 Å². The Hall–Kier alpha value is -1.29. The van der Waals surface area contributed by atoms with Gasteiger partial charge >= 0.3 is 0 Å². The van der Waals surface area contributed by atoms with E-state index in [1.165, 1.54) is 5.56 Å². The van der Waals surface area contributed by atoms with Crippen LogP contribution >= 0.6 is 0 Å². The Kier molecular flexibility index (Phi) is 2.72. The lowest BCUT2D eigenvalue weighted by molar-refractivity contribution is 0.590. The minimum Gasteiger partial charge on any atom is -0.312 e. The van der Waals surface area contributed by atoms with Crippen molar-refractivity contribution in [2.24, 2.45) is 0 Å². The van der Waals surface area contributed by atoms with Crippen LogP contribution in [0.15, 0.2) is 24.3 Å². The Morgan fingerprint density at radius 2 is 1.69 bits per heavy atom. The van der Waals surface area contributed by atoms with Gasteiger partial charge in [-0.25, -0.2) is 6.57 Å². The molecular weight excluding hydrogens is 158 g/mol.